The summed E-state index contributed by atoms with van der Waals surface area (Å²) in [6, 6.07) is 8.64. The molecule has 0 aliphatic carbocycles. The van der Waals surface area contributed by atoms with Crippen molar-refractivity contribution in [3.63, 3.8) is 0 Å². The van der Waals surface area contributed by atoms with Crippen molar-refractivity contribution in [2.45, 2.75) is 0 Å². The SMILES string of the molecule is COc1cc(-c2ccc(C(=O)N3CCNCC3)cn2)ccc1O. The molecule has 1 aliphatic heterocycles. The number of amides is 1. The first-order valence-electron chi connectivity index (χ1n) is 7.52. The van der Waals surface area contributed by atoms with E-state index in [0.717, 1.165) is 37.4 Å². The molecule has 2 N–H and O–H groups in total. The molecular formula is C17H19N3O3. The van der Waals surface area contributed by atoms with Gasteiger partial charge in [0.1, 0.15) is 0 Å². The van der Waals surface area contributed by atoms with Gasteiger partial charge in [-0.15, -0.1) is 0 Å². The number of carbonyl (C=O) groups excluding carboxylic acids is 1. The number of phenolic OH excluding ortho intramolecular Hbond substituents is 1. The molecule has 1 fully saturated rings. The fraction of sp³-hybridized carbons (Fsp3) is 0.294. The predicted molar refractivity (Wildman–Crippen MR) is 86.7 cm³/mol. The van der Waals surface area contributed by atoms with Crippen LogP contribution in [0.5, 0.6) is 11.5 Å². The lowest BCUT2D eigenvalue weighted by Crippen LogP contribution is -2.46. The average Bonchev–Trinajstić information content (AvgIpc) is 2.62. The second kappa shape index (κ2) is 6.66. The fourth-order valence-corrected chi connectivity index (χ4v) is 2.58. The summed E-state index contributed by atoms with van der Waals surface area (Å²) in [5.74, 6) is 0.487. The van der Waals surface area contributed by atoms with Gasteiger partial charge in [-0.3, -0.25) is 9.78 Å². The van der Waals surface area contributed by atoms with E-state index in [9.17, 15) is 9.90 Å². The molecule has 120 valence electrons. The second-order valence-electron chi connectivity index (χ2n) is 5.36. The van der Waals surface area contributed by atoms with Crippen LogP contribution in [0.1, 0.15) is 10.4 Å². The van der Waals surface area contributed by atoms with Crippen molar-refractivity contribution in [1.29, 1.82) is 0 Å². The highest BCUT2D eigenvalue weighted by Crippen LogP contribution is 2.30. The van der Waals surface area contributed by atoms with E-state index >= 15 is 0 Å². The Bertz CT molecular complexity index is 695. The largest absolute Gasteiger partial charge is 0.504 e. The number of nitrogens with zero attached hydrogens (tertiary/aromatic N) is 2. The summed E-state index contributed by atoms with van der Waals surface area (Å²) in [7, 11) is 1.50. The Morgan fingerprint density at radius 2 is 2.04 bits per heavy atom. The van der Waals surface area contributed by atoms with E-state index in [0.29, 0.717) is 11.3 Å². The summed E-state index contributed by atoms with van der Waals surface area (Å²) < 4.78 is 5.10. The van der Waals surface area contributed by atoms with Gasteiger partial charge < -0.3 is 20.1 Å². The molecule has 1 amide bonds. The number of rotatable bonds is 3. The number of benzene rings is 1. The summed E-state index contributed by atoms with van der Waals surface area (Å²) in [6.07, 6.45) is 1.60. The Morgan fingerprint density at radius 1 is 1.26 bits per heavy atom. The zero-order valence-electron chi connectivity index (χ0n) is 13.0. The minimum absolute atomic E-state index is 0.00818. The Labute approximate surface area is 134 Å². The van der Waals surface area contributed by atoms with E-state index in [4.69, 9.17) is 4.74 Å². The number of aromatic hydroxyl groups is 1. The number of phenols is 1. The van der Waals surface area contributed by atoms with Gasteiger partial charge in [-0.05, 0) is 30.3 Å². The first-order valence-corrected chi connectivity index (χ1v) is 7.52. The normalized spacial score (nSPS) is 14.6. The van der Waals surface area contributed by atoms with Crippen molar-refractivity contribution >= 4 is 5.91 Å². The molecule has 1 saturated heterocycles. The van der Waals surface area contributed by atoms with E-state index in [1.54, 1.807) is 36.5 Å². The number of hydrogen-bond donors (Lipinski definition) is 2. The monoisotopic (exact) mass is 313 g/mol. The minimum Gasteiger partial charge on any atom is -0.504 e. The maximum atomic E-state index is 12.4. The maximum Gasteiger partial charge on any atom is 0.255 e. The fourth-order valence-electron chi connectivity index (χ4n) is 2.58. The molecule has 0 saturated carbocycles. The number of methoxy groups -OCH3 is 1. The molecule has 0 atom stereocenters. The molecule has 0 spiro atoms. The third-order valence-electron chi connectivity index (χ3n) is 3.89. The third kappa shape index (κ3) is 3.27. The van der Waals surface area contributed by atoms with E-state index in [-0.39, 0.29) is 11.7 Å². The lowest BCUT2D eigenvalue weighted by Gasteiger charge is -2.27. The van der Waals surface area contributed by atoms with Gasteiger partial charge in [0.2, 0.25) is 0 Å². The predicted octanol–water partition coefficient (Wildman–Crippen LogP) is 1.51. The van der Waals surface area contributed by atoms with E-state index in [2.05, 4.69) is 10.3 Å². The third-order valence-corrected chi connectivity index (χ3v) is 3.89. The second-order valence-corrected chi connectivity index (χ2v) is 5.36. The van der Waals surface area contributed by atoms with Crippen molar-refractivity contribution < 1.29 is 14.6 Å². The Hall–Kier alpha value is -2.60. The number of nitrogens with one attached hydrogen (secondary N) is 1. The van der Waals surface area contributed by atoms with Gasteiger partial charge in [-0.1, -0.05) is 0 Å². The zero-order valence-corrected chi connectivity index (χ0v) is 13.0. The van der Waals surface area contributed by atoms with E-state index in [1.807, 2.05) is 4.90 Å². The molecule has 1 aliphatic rings. The van der Waals surface area contributed by atoms with Crippen LogP contribution >= 0.6 is 0 Å². The molecule has 3 rings (SSSR count). The van der Waals surface area contributed by atoms with Gasteiger partial charge in [-0.2, -0.15) is 0 Å². The summed E-state index contributed by atoms with van der Waals surface area (Å²) >= 11 is 0. The number of aromatic nitrogens is 1. The molecule has 0 bridgehead atoms. The van der Waals surface area contributed by atoms with Crippen LogP contribution in [-0.4, -0.2) is 54.2 Å². The van der Waals surface area contributed by atoms with Gasteiger partial charge in [0, 0.05) is 37.9 Å². The van der Waals surface area contributed by atoms with Crippen LogP contribution in [0, 0.1) is 0 Å². The molecule has 6 nitrogen and oxygen atoms in total. The Balaban J connectivity index is 1.80. The van der Waals surface area contributed by atoms with Gasteiger partial charge in [-0.25, -0.2) is 0 Å². The number of ether oxygens (including phenoxy) is 1. The standard InChI is InChI=1S/C17H19N3O3/c1-23-16-10-12(3-5-15(16)21)14-4-2-13(11-19-14)17(22)20-8-6-18-7-9-20/h2-5,10-11,18,21H,6-9H2,1H3. The van der Waals surface area contributed by atoms with Gasteiger partial charge in [0.15, 0.2) is 11.5 Å². The molecule has 0 radical (unpaired) electrons. The summed E-state index contributed by atoms with van der Waals surface area (Å²) in [4.78, 5) is 18.6. The number of hydrogen-bond acceptors (Lipinski definition) is 5. The van der Waals surface area contributed by atoms with Gasteiger partial charge >= 0.3 is 0 Å². The molecule has 23 heavy (non-hydrogen) atoms. The average molecular weight is 313 g/mol. The van der Waals surface area contributed by atoms with Crippen LogP contribution < -0.4 is 10.1 Å². The highest BCUT2D eigenvalue weighted by atomic mass is 16.5. The highest BCUT2D eigenvalue weighted by Gasteiger charge is 2.18. The zero-order chi connectivity index (χ0) is 16.2. The van der Waals surface area contributed by atoms with Crippen molar-refractivity contribution in [3.05, 3.63) is 42.1 Å². The van der Waals surface area contributed by atoms with Crippen molar-refractivity contribution in [3.8, 4) is 22.8 Å². The van der Waals surface area contributed by atoms with Crippen LogP contribution in [0.3, 0.4) is 0 Å². The molecule has 6 heteroatoms. The van der Waals surface area contributed by atoms with Crippen LogP contribution in [0.15, 0.2) is 36.5 Å². The van der Waals surface area contributed by atoms with Gasteiger partial charge in [0.25, 0.3) is 5.91 Å². The summed E-state index contributed by atoms with van der Waals surface area (Å²) in [5.41, 5.74) is 2.13. The maximum absolute atomic E-state index is 12.4. The Kier molecular flexibility index (Phi) is 4.43. The highest BCUT2D eigenvalue weighted by molar-refractivity contribution is 5.94. The van der Waals surface area contributed by atoms with Crippen LogP contribution in [0.2, 0.25) is 0 Å². The Morgan fingerprint density at radius 3 is 2.70 bits per heavy atom. The van der Waals surface area contributed by atoms with Crippen LogP contribution in [-0.2, 0) is 0 Å². The smallest absolute Gasteiger partial charge is 0.255 e. The molecule has 0 unspecified atom stereocenters. The van der Waals surface area contributed by atoms with Crippen molar-refractivity contribution in [2.75, 3.05) is 33.3 Å². The molecule has 2 heterocycles. The van der Waals surface area contributed by atoms with E-state index in [1.165, 1.54) is 7.11 Å². The lowest BCUT2D eigenvalue weighted by atomic mass is 10.1. The first kappa shape index (κ1) is 15.3. The topological polar surface area (TPSA) is 74.7 Å². The minimum atomic E-state index is 0.00818. The first-order chi connectivity index (χ1) is 11.2. The molecule has 1 aromatic carbocycles. The van der Waals surface area contributed by atoms with Crippen molar-refractivity contribution in [2.24, 2.45) is 0 Å². The van der Waals surface area contributed by atoms with Gasteiger partial charge in [0.05, 0.1) is 18.4 Å². The van der Waals surface area contributed by atoms with Crippen LogP contribution in [0.25, 0.3) is 11.3 Å². The quantitative estimate of drug-likeness (QED) is 0.898. The summed E-state index contributed by atoms with van der Waals surface area (Å²) in [5, 5.41) is 12.9. The number of pyridine rings is 1. The lowest BCUT2D eigenvalue weighted by molar-refractivity contribution is 0.0735. The molecule has 1 aromatic heterocycles. The molecule has 2 aromatic rings. The summed E-state index contributed by atoms with van der Waals surface area (Å²) in [6.45, 7) is 3.08. The van der Waals surface area contributed by atoms with E-state index < -0.39 is 0 Å². The van der Waals surface area contributed by atoms with Crippen molar-refractivity contribution in [1.82, 2.24) is 15.2 Å². The number of piperazine rings is 1. The number of carbonyl (C=O) groups is 1. The van der Waals surface area contributed by atoms with Crippen LogP contribution in [0.4, 0.5) is 0 Å². The molecular weight excluding hydrogens is 294 g/mol.